The summed E-state index contributed by atoms with van der Waals surface area (Å²) in [6.45, 7) is 0. The number of hydrogen-bond donors (Lipinski definition) is 2. The van der Waals surface area contributed by atoms with Crippen LogP contribution in [0, 0.1) is 11.3 Å². The third-order valence-corrected chi connectivity index (χ3v) is 3.62. The van der Waals surface area contributed by atoms with E-state index in [-0.39, 0.29) is 12.1 Å². The number of fused-ring (bicyclic) bond motifs is 1. The number of carbonyl (C=O) groups excluding carboxylic acids is 1. The van der Waals surface area contributed by atoms with Crippen LogP contribution in [0.25, 0.3) is 22.2 Å². The van der Waals surface area contributed by atoms with E-state index < -0.39 is 11.9 Å². The number of amides is 1. The van der Waals surface area contributed by atoms with Crippen molar-refractivity contribution in [2.24, 2.45) is 7.05 Å². The third kappa shape index (κ3) is 3.03. The lowest BCUT2D eigenvalue weighted by Gasteiger charge is -2.08. The monoisotopic (exact) mass is 335 g/mol. The minimum absolute atomic E-state index is 0.0838. The van der Waals surface area contributed by atoms with Gasteiger partial charge >= 0.3 is 5.97 Å². The lowest BCUT2D eigenvalue weighted by Crippen LogP contribution is -2.09. The standard InChI is InChI=1S/C17H13N5O3/c1-22-16-14(15(21-22)17(24)25)12(6-8-19-16)10-3-2-4-11(9-10)20-13(23)5-7-18/h2-4,6,8-9H,5H2,1H3,(H,20,23)(H,24,25). The van der Waals surface area contributed by atoms with E-state index in [1.165, 1.54) is 4.68 Å². The molecular weight excluding hydrogens is 322 g/mol. The Bertz CT molecular complexity index is 1030. The molecule has 0 aliphatic rings. The molecule has 1 amide bonds. The first-order valence-electron chi connectivity index (χ1n) is 7.33. The molecule has 0 unspecified atom stereocenters. The van der Waals surface area contributed by atoms with Gasteiger partial charge in [0.05, 0.1) is 11.5 Å². The third-order valence-electron chi connectivity index (χ3n) is 3.62. The van der Waals surface area contributed by atoms with E-state index >= 15 is 0 Å². The van der Waals surface area contributed by atoms with Crippen LogP contribution in [0.15, 0.2) is 36.5 Å². The van der Waals surface area contributed by atoms with Crippen molar-refractivity contribution in [3.63, 3.8) is 0 Å². The fraction of sp³-hybridized carbons (Fsp3) is 0.118. The van der Waals surface area contributed by atoms with Crippen molar-refractivity contribution in [3.05, 3.63) is 42.2 Å². The number of nitriles is 1. The summed E-state index contributed by atoms with van der Waals surface area (Å²) >= 11 is 0. The van der Waals surface area contributed by atoms with Crippen LogP contribution in [0.5, 0.6) is 0 Å². The summed E-state index contributed by atoms with van der Waals surface area (Å²) in [7, 11) is 1.63. The van der Waals surface area contributed by atoms with Gasteiger partial charge in [-0.05, 0) is 29.3 Å². The lowest BCUT2D eigenvalue weighted by molar-refractivity contribution is -0.115. The Kier molecular flexibility index (Phi) is 4.14. The predicted molar refractivity (Wildman–Crippen MR) is 89.8 cm³/mol. The van der Waals surface area contributed by atoms with Crippen molar-refractivity contribution in [2.45, 2.75) is 6.42 Å². The average molecular weight is 335 g/mol. The van der Waals surface area contributed by atoms with Gasteiger partial charge in [0.1, 0.15) is 6.42 Å². The molecule has 0 fully saturated rings. The number of aromatic nitrogens is 3. The maximum absolute atomic E-state index is 11.6. The number of hydrogen-bond acceptors (Lipinski definition) is 5. The SMILES string of the molecule is Cn1nc(C(=O)O)c2c(-c3cccc(NC(=O)CC#N)c3)ccnc21. The number of nitrogens with one attached hydrogen (secondary N) is 1. The quantitative estimate of drug-likeness (QED) is 0.754. The molecule has 0 spiro atoms. The van der Waals surface area contributed by atoms with Gasteiger partial charge in [0.2, 0.25) is 5.91 Å². The highest BCUT2D eigenvalue weighted by molar-refractivity contribution is 6.07. The molecule has 2 N–H and O–H groups in total. The van der Waals surface area contributed by atoms with Crippen molar-refractivity contribution >= 4 is 28.6 Å². The molecule has 8 heteroatoms. The molecule has 2 heterocycles. The summed E-state index contributed by atoms with van der Waals surface area (Å²) in [4.78, 5) is 27.3. The molecule has 2 aromatic heterocycles. The molecule has 0 aliphatic heterocycles. The molecule has 0 bridgehead atoms. The summed E-state index contributed by atoms with van der Waals surface area (Å²) in [6, 6.07) is 10.4. The average Bonchev–Trinajstić information content (AvgIpc) is 2.93. The predicted octanol–water partition coefficient (Wildman–Crippen LogP) is 2.19. The zero-order valence-corrected chi connectivity index (χ0v) is 13.2. The zero-order valence-electron chi connectivity index (χ0n) is 13.2. The number of carboxylic acid groups (broad SMARTS) is 1. The summed E-state index contributed by atoms with van der Waals surface area (Å²) in [6.07, 6.45) is 1.33. The zero-order chi connectivity index (χ0) is 18.0. The number of nitrogens with zero attached hydrogens (tertiary/aromatic N) is 4. The molecule has 0 saturated heterocycles. The van der Waals surface area contributed by atoms with Crippen molar-refractivity contribution < 1.29 is 14.7 Å². The number of carbonyl (C=O) groups is 2. The molecule has 3 aromatic rings. The first kappa shape index (κ1) is 16.1. The number of rotatable bonds is 4. The smallest absolute Gasteiger partial charge is 0.357 e. The minimum Gasteiger partial charge on any atom is -0.476 e. The maximum atomic E-state index is 11.6. The van der Waals surface area contributed by atoms with Gasteiger partial charge in [0, 0.05) is 18.9 Å². The van der Waals surface area contributed by atoms with Crippen LogP contribution in [0.2, 0.25) is 0 Å². The van der Waals surface area contributed by atoms with Crippen LogP contribution >= 0.6 is 0 Å². The highest BCUT2D eigenvalue weighted by Gasteiger charge is 2.20. The summed E-state index contributed by atoms with van der Waals surface area (Å²) in [5.74, 6) is -1.55. The fourth-order valence-corrected chi connectivity index (χ4v) is 2.61. The molecule has 0 aliphatic carbocycles. The van der Waals surface area contributed by atoms with Gasteiger partial charge in [-0.3, -0.25) is 4.79 Å². The van der Waals surface area contributed by atoms with Gasteiger partial charge in [-0.1, -0.05) is 12.1 Å². The molecule has 3 rings (SSSR count). The number of pyridine rings is 1. The van der Waals surface area contributed by atoms with E-state index in [1.807, 2.05) is 0 Å². The van der Waals surface area contributed by atoms with Gasteiger partial charge in [0.25, 0.3) is 0 Å². The Balaban J connectivity index is 2.13. The fourth-order valence-electron chi connectivity index (χ4n) is 2.61. The van der Waals surface area contributed by atoms with Crippen LogP contribution in [-0.2, 0) is 11.8 Å². The van der Waals surface area contributed by atoms with E-state index in [2.05, 4.69) is 15.4 Å². The molecule has 0 saturated carbocycles. The molecule has 1 aromatic carbocycles. The van der Waals surface area contributed by atoms with Crippen LogP contribution in [0.3, 0.4) is 0 Å². The first-order chi connectivity index (χ1) is 12.0. The van der Waals surface area contributed by atoms with Crippen molar-refractivity contribution in [3.8, 4) is 17.2 Å². The van der Waals surface area contributed by atoms with E-state index in [4.69, 9.17) is 5.26 Å². The Morgan fingerprint density at radius 2 is 2.16 bits per heavy atom. The molecule has 0 atom stereocenters. The van der Waals surface area contributed by atoms with Crippen LogP contribution in [0.4, 0.5) is 5.69 Å². The Morgan fingerprint density at radius 1 is 1.36 bits per heavy atom. The molecular formula is C17H13N5O3. The largest absolute Gasteiger partial charge is 0.476 e. The van der Waals surface area contributed by atoms with Gasteiger partial charge in [-0.25, -0.2) is 14.5 Å². The summed E-state index contributed by atoms with van der Waals surface area (Å²) in [5, 5.41) is 25.1. The Morgan fingerprint density at radius 3 is 2.88 bits per heavy atom. The van der Waals surface area contributed by atoms with Gasteiger partial charge in [-0.15, -0.1) is 0 Å². The second-order valence-corrected chi connectivity index (χ2v) is 5.30. The van der Waals surface area contributed by atoms with E-state index in [1.54, 1.807) is 49.6 Å². The van der Waals surface area contributed by atoms with Crippen LogP contribution < -0.4 is 5.32 Å². The molecule has 25 heavy (non-hydrogen) atoms. The maximum Gasteiger partial charge on any atom is 0.357 e. The summed E-state index contributed by atoms with van der Waals surface area (Å²) < 4.78 is 1.42. The topological polar surface area (TPSA) is 121 Å². The van der Waals surface area contributed by atoms with E-state index in [0.29, 0.717) is 27.8 Å². The van der Waals surface area contributed by atoms with Crippen LogP contribution in [-0.4, -0.2) is 31.7 Å². The summed E-state index contributed by atoms with van der Waals surface area (Å²) in [5.41, 5.74) is 2.24. The number of anilines is 1. The molecule has 0 radical (unpaired) electrons. The molecule has 124 valence electrons. The Hall–Kier alpha value is -3.73. The van der Waals surface area contributed by atoms with E-state index in [9.17, 15) is 14.7 Å². The minimum atomic E-state index is -1.14. The normalized spacial score (nSPS) is 10.4. The highest BCUT2D eigenvalue weighted by atomic mass is 16.4. The number of aryl methyl sites for hydroxylation is 1. The number of aromatic carboxylic acids is 1. The second kappa shape index (κ2) is 6.41. The second-order valence-electron chi connectivity index (χ2n) is 5.30. The van der Waals surface area contributed by atoms with Gasteiger partial charge in [0.15, 0.2) is 11.3 Å². The Labute approximate surface area is 142 Å². The first-order valence-corrected chi connectivity index (χ1v) is 7.33. The van der Waals surface area contributed by atoms with Crippen molar-refractivity contribution in [1.82, 2.24) is 14.8 Å². The lowest BCUT2D eigenvalue weighted by atomic mass is 10.0. The van der Waals surface area contributed by atoms with Crippen molar-refractivity contribution in [1.29, 1.82) is 5.26 Å². The number of carboxylic acids is 1. The van der Waals surface area contributed by atoms with Gasteiger partial charge in [-0.2, -0.15) is 10.4 Å². The van der Waals surface area contributed by atoms with Crippen LogP contribution in [0.1, 0.15) is 16.9 Å². The van der Waals surface area contributed by atoms with Gasteiger partial charge < -0.3 is 10.4 Å². The van der Waals surface area contributed by atoms with E-state index in [0.717, 1.165) is 0 Å². The van der Waals surface area contributed by atoms with Crippen molar-refractivity contribution in [2.75, 3.05) is 5.32 Å². The number of benzene rings is 1. The highest BCUT2D eigenvalue weighted by Crippen LogP contribution is 2.31. The molecule has 8 nitrogen and oxygen atoms in total.